The number of hydrogen-bond acceptors (Lipinski definition) is 1. The quantitative estimate of drug-likeness (QED) is 0.828. The largest absolute Gasteiger partial charge is 0.310 e. The van der Waals surface area contributed by atoms with E-state index >= 15 is 0 Å². The minimum Gasteiger partial charge on any atom is -0.310 e. The van der Waals surface area contributed by atoms with Crippen LogP contribution in [0.2, 0.25) is 0 Å². The smallest absolute Gasteiger partial charge is 0.0213 e. The fourth-order valence-corrected chi connectivity index (χ4v) is 3.55. The van der Waals surface area contributed by atoms with Gasteiger partial charge >= 0.3 is 0 Å². The van der Waals surface area contributed by atoms with Crippen LogP contribution in [0.1, 0.15) is 61.3 Å². The Labute approximate surface area is 118 Å². The van der Waals surface area contributed by atoms with Gasteiger partial charge in [0.2, 0.25) is 0 Å². The Kier molecular flexibility index (Phi) is 5.04. The zero-order valence-electron chi connectivity index (χ0n) is 13.1. The Bertz CT molecular complexity index is 393. The predicted octanol–water partition coefficient (Wildman–Crippen LogP) is 4.67. The summed E-state index contributed by atoms with van der Waals surface area (Å²) in [5, 5.41) is 3.77. The van der Waals surface area contributed by atoms with Crippen molar-refractivity contribution in [1.29, 1.82) is 0 Å². The van der Waals surface area contributed by atoms with Gasteiger partial charge in [0.05, 0.1) is 0 Å². The van der Waals surface area contributed by atoms with Crippen LogP contribution in [0.3, 0.4) is 0 Å². The first-order valence-corrected chi connectivity index (χ1v) is 7.88. The molecular formula is C18H29N. The van der Waals surface area contributed by atoms with Gasteiger partial charge in [0, 0.05) is 12.6 Å². The van der Waals surface area contributed by atoms with Gasteiger partial charge in [0.25, 0.3) is 0 Å². The summed E-state index contributed by atoms with van der Waals surface area (Å²) in [5.41, 5.74) is 5.73. The van der Waals surface area contributed by atoms with Gasteiger partial charge < -0.3 is 5.32 Å². The van der Waals surface area contributed by atoms with Gasteiger partial charge in [-0.2, -0.15) is 0 Å². The number of nitrogens with one attached hydrogen (secondary N) is 1. The van der Waals surface area contributed by atoms with Crippen LogP contribution in [-0.2, 0) is 6.54 Å². The number of rotatable bonds is 4. The molecule has 19 heavy (non-hydrogen) atoms. The fraction of sp³-hybridized carbons (Fsp3) is 0.667. The molecule has 2 rings (SSSR count). The van der Waals surface area contributed by atoms with Gasteiger partial charge in [0.1, 0.15) is 0 Å². The highest BCUT2D eigenvalue weighted by molar-refractivity contribution is 5.37. The van der Waals surface area contributed by atoms with Crippen LogP contribution in [0, 0.1) is 26.7 Å². The molecule has 0 aliphatic heterocycles. The zero-order chi connectivity index (χ0) is 13.8. The molecule has 0 bridgehead atoms. The average Bonchev–Trinajstić information content (AvgIpc) is 2.38. The fourth-order valence-electron chi connectivity index (χ4n) is 3.55. The Morgan fingerprint density at radius 2 is 1.63 bits per heavy atom. The van der Waals surface area contributed by atoms with Crippen molar-refractivity contribution in [3.05, 3.63) is 34.4 Å². The molecule has 1 atom stereocenters. The SMILES string of the molecule is Cc1cc(C)c(CN[C@H](C)C2CCCCC2)c(C)c1. The normalized spacial score (nSPS) is 18.5. The second kappa shape index (κ2) is 6.56. The molecule has 1 N–H and O–H groups in total. The molecule has 1 fully saturated rings. The molecule has 1 aliphatic rings. The first kappa shape index (κ1) is 14.6. The summed E-state index contributed by atoms with van der Waals surface area (Å²) in [6, 6.07) is 5.25. The van der Waals surface area contributed by atoms with Crippen molar-refractivity contribution in [2.24, 2.45) is 5.92 Å². The zero-order valence-corrected chi connectivity index (χ0v) is 13.1. The third kappa shape index (κ3) is 3.82. The van der Waals surface area contributed by atoms with E-state index in [4.69, 9.17) is 0 Å². The maximum absolute atomic E-state index is 3.77. The Morgan fingerprint density at radius 1 is 1.05 bits per heavy atom. The van der Waals surface area contributed by atoms with Crippen molar-refractivity contribution < 1.29 is 0 Å². The molecule has 0 radical (unpaired) electrons. The van der Waals surface area contributed by atoms with Gasteiger partial charge in [-0.1, -0.05) is 37.0 Å². The van der Waals surface area contributed by atoms with Crippen molar-refractivity contribution in [1.82, 2.24) is 5.32 Å². The Hall–Kier alpha value is -0.820. The van der Waals surface area contributed by atoms with Gasteiger partial charge in [-0.3, -0.25) is 0 Å². The maximum Gasteiger partial charge on any atom is 0.0213 e. The summed E-state index contributed by atoms with van der Waals surface area (Å²) in [5.74, 6) is 0.889. The molecule has 1 saturated carbocycles. The van der Waals surface area contributed by atoms with E-state index in [1.54, 1.807) is 0 Å². The lowest BCUT2D eigenvalue weighted by atomic mass is 9.84. The molecule has 1 heteroatoms. The van der Waals surface area contributed by atoms with Crippen molar-refractivity contribution in [3.63, 3.8) is 0 Å². The van der Waals surface area contributed by atoms with E-state index in [2.05, 4.69) is 45.1 Å². The summed E-state index contributed by atoms with van der Waals surface area (Å²) < 4.78 is 0. The first-order chi connectivity index (χ1) is 9.08. The van der Waals surface area contributed by atoms with E-state index < -0.39 is 0 Å². The van der Waals surface area contributed by atoms with Crippen LogP contribution in [-0.4, -0.2) is 6.04 Å². The van der Waals surface area contributed by atoms with Crippen molar-refractivity contribution in [3.8, 4) is 0 Å². The van der Waals surface area contributed by atoms with Gasteiger partial charge in [-0.05, 0) is 63.1 Å². The molecule has 1 nitrogen and oxygen atoms in total. The summed E-state index contributed by atoms with van der Waals surface area (Å²) in [4.78, 5) is 0. The molecule has 1 aromatic carbocycles. The average molecular weight is 259 g/mol. The van der Waals surface area contributed by atoms with Crippen LogP contribution in [0.4, 0.5) is 0 Å². The van der Waals surface area contributed by atoms with Gasteiger partial charge in [-0.15, -0.1) is 0 Å². The third-order valence-electron chi connectivity index (χ3n) is 4.80. The molecular weight excluding hydrogens is 230 g/mol. The molecule has 0 amide bonds. The van der Waals surface area contributed by atoms with E-state index in [-0.39, 0.29) is 0 Å². The molecule has 1 aromatic rings. The summed E-state index contributed by atoms with van der Waals surface area (Å²) in [6.07, 6.45) is 7.14. The summed E-state index contributed by atoms with van der Waals surface area (Å²) in [7, 11) is 0. The number of hydrogen-bond donors (Lipinski definition) is 1. The lowest BCUT2D eigenvalue weighted by Crippen LogP contribution is -2.34. The van der Waals surface area contributed by atoms with Gasteiger partial charge in [0.15, 0.2) is 0 Å². The van der Waals surface area contributed by atoms with Crippen LogP contribution < -0.4 is 5.32 Å². The standard InChI is InChI=1S/C18H29N/c1-13-10-14(2)18(15(3)11-13)12-19-16(4)17-8-6-5-7-9-17/h10-11,16-17,19H,5-9,12H2,1-4H3/t16-/m1/s1. The van der Waals surface area contributed by atoms with E-state index in [1.807, 2.05) is 0 Å². The molecule has 1 aliphatic carbocycles. The highest BCUT2D eigenvalue weighted by Crippen LogP contribution is 2.26. The number of benzene rings is 1. The van der Waals surface area contributed by atoms with Crippen LogP contribution in [0.25, 0.3) is 0 Å². The Morgan fingerprint density at radius 3 is 2.21 bits per heavy atom. The summed E-state index contributed by atoms with van der Waals surface area (Å²) >= 11 is 0. The van der Waals surface area contributed by atoms with E-state index in [9.17, 15) is 0 Å². The van der Waals surface area contributed by atoms with Crippen LogP contribution in [0.15, 0.2) is 12.1 Å². The van der Waals surface area contributed by atoms with Crippen molar-refractivity contribution >= 4 is 0 Å². The first-order valence-electron chi connectivity index (χ1n) is 7.88. The number of aryl methyl sites for hydroxylation is 3. The molecule has 0 heterocycles. The highest BCUT2D eigenvalue weighted by atomic mass is 14.9. The predicted molar refractivity (Wildman–Crippen MR) is 83.5 cm³/mol. The van der Waals surface area contributed by atoms with Gasteiger partial charge in [-0.25, -0.2) is 0 Å². The second-order valence-corrected chi connectivity index (χ2v) is 6.44. The molecule has 0 saturated heterocycles. The lowest BCUT2D eigenvalue weighted by molar-refractivity contribution is 0.280. The van der Waals surface area contributed by atoms with E-state index in [1.165, 1.54) is 54.4 Å². The molecule has 0 spiro atoms. The topological polar surface area (TPSA) is 12.0 Å². The van der Waals surface area contributed by atoms with E-state index in [0.717, 1.165) is 12.5 Å². The molecule has 0 aromatic heterocycles. The lowest BCUT2D eigenvalue weighted by Gasteiger charge is -2.29. The maximum atomic E-state index is 3.77. The van der Waals surface area contributed by atoms with Crippen LogP contribution in [0.5, 0.6) is 0 Å². The third-order valence-corrected chi connectivity index (χ3v) is 4.80. The minimum absolute atomic E-state index is 0.653. The van der Waals surface area contributed by atoms with E-state index in [0.29, 0.717) is 6.04 Å². The van der Waals surface area contributed by atoms with Crippen molar-refractivity contribution in [2.75, 3.05) is 0 Å². The summed E-state index contributed by atoms with van der Waals surface area (Å²) in [6.45, 7) is 10.1. The Balaban J connectivity index is 1.94. The second-order valence-electron chi connectivity index (χ2n) is 6.44. The van der Waals surface area contributed by atoms with Crippen molar-refractivity contribution in [2.45, 2.75) is 72.4 Å². The molecule has 106 valence electrons. The minimum atomic E-state index is 0.653. The molecule has 0 unspecified atom stereocenters. The van der Waals surface area contributed by atoms with Crippen LogP contribution >= 0.6 is 0 Å². The monoisotopic (exact) mass is 259 g/mol. The highest BCUT2D eigenvalue weighted by Gasteiger charge is 2.19.